The summed E-state index contributed by atoms with van der Waals surface area (Å²) in [5.41, 5.74) is 9.35. The van der Waals surface area contributed by atoms with Crippen molar-refractivity contribution in [1.82, 2.24) is 0 Å². The van der Waals surface area contributed by atoms with E-state index >= 15 is 0 Å². The maximum Gasteiger partial charge on any atom is 0.500 e. The van der Waals surface area contributed by atoms with Gasteiger partial charge in [-0.25, -0.2) is 0 Å². The predicted molar refractivity (Wildman–Crippen MR) is 241 cm³/mol. The summed E-state index contributed by atoms with van der Waals surface area (Å²) in [7, 11) is 5.02. The lowest BCUT2D eigenvalue weighted by molar-refractivity contribution is 0.123. The van der Waals surface area contributed by atoms with Gasteiger partial charge < -0.3 is 36.0 Å². The van der Waals surface area contributed by atoms with E-state index in [4.69, 9.17) is 36.0 Å². The first kappa shape index (κ1) is 45.5. The van der Waals surface area contributed by atoms with Gasteiger partial charge in [-0.05, 0) is 119 Å². The van der Waals surface area contributed by atoms with Crippen LogP contribution in [0.1, 0.15) is 59.1 Å². The summed E-state index contributed by atoms with van der Waals surface area (Å²) in [5, 5.41) is 0. The summed E-state index contributed by atoms with van der Waals surface area (Å²) < 4.78 is 46.3. The third kappa shape index (κ3) is 10.4. The van der Waals surface area contributed by atoms with Crippen molar-refractivity contribution in [2.24, 2.45) is 0 Å². The Morgan fingerprint density at radius 3 is 1.44 bits per heavy atom. The van der Waals surface area contributed by atoms with Crippen molar-refractivity contribution in [3.8, 4) is 22.6 Å². The third-order valence-corrected chi connectivity index (χ3v) is 19.0. The van der Waals surface area contributed by atoms with Crippen LogP contribution in [0.4, 0.5) is 0 Å². The molecule has 4 aromatic rings. The number of aryl methyl sites for hydroxylation is 1. The second-order valence-corrected chi connectivity index (χ2v) is 22.8. The van der Waals surface area contributed by atoms with Crippen LogP contribution in [-0.4, -0.2) is 96.5 Å². The average Bonchev–Trinajstić information content (AvgIpc) is 3.55. The van der Waals surface area contributed by atoms with Crippen molar-refractivity contribution >= 4 is 41.1 Å². The first-order valence-corrected chi connectivity index (χ1v) is 26.1. The lowest BCUT2D eigenvalue weighted by Crippen LogP contribution is -2.42. The number of fused-ring (bicyclic) bond motifs is 3. The van der Waals surface area contributed by atoms with E-state index in [2.05, 4.69) is 98.8 Å². The SMILES string of the molecule is CO[Si](CCCSCCCOc1ccc(C2(c3cccc(OCCCSCCC[Si](OC)(OC)OC)c3C)c3ccccc3-c3ccccc32)cc1C)(OC)OC. The lowest BCUT2D eigenvalue weighted by Gasteiger charge is -2.36. The van der Waals surface area contributed by atoms with Crippen molar-refractivity contribution in [1.29, 1.82) is 0 Å². The van der Waals surface area contributed by atoms with Crippen LogP contribution < -0.4 is 9.47 Å². The van der Waals surface area contributed by atoms with E-state index in [0.29, 0.717) is 13.2 Å². The summed E-state index contributed by atoms with van der Waals surface area (Å²) in [6.45, 7) is 5.72. The standard InChI is InChI=1S/C45H62O8S2Si2/c1-35-34-37(24-25-43(35)52-26-14-28-54-30-16-32-56(46-3,47-4)48-5)45(41-20-11-9-18-38(41)39-19-10-12-21-42(39)45)40-22-13-23-44(36(40)2)53-27-15-29-55-31-17-33-57(49-6,50-7)51-8/h9-13,18-25,34H,14-17,26-33H2,1-8H3. The van der Waals surface area contributed by atoms with Gasteiger partial charge in [-0.2, -0.15) is 23.5 Å². The minimum Gasteiger partial charge on any atom is -0.493 e. The van der Waals surface area contributed by atoms with E-state index < -0.39 is 23.0 Å². The number of rotatable bonds is 26. The fourth-order valence-electron chi connectivity index (χ4n) is 8.00. The molecule has 310 valence electrons. The van der Waals surface area contributed by atoms with E-state index in [1.807, 2.05) is 23.5 Å². The Bertz CT molecular complexity index is 1790. The van der Waals surface area contributed by atoms with Crippen LogP contribution in [0.5, 0.6) is 11.5 Å². The van der Waals surface area contributed by atoms with Gasteiger partial charge in [0.25, 0.3) is 0 Å². The summed E-state index contributed by atoms with van der Waals surface area (Å²) >= 11 is 3.88. The van der Waals surface area contributed by atoms with Crippen molar-refractivity contribution in [3.63, 3.8) is 0 Å². The highest BCUT2D eigenvalue weighted by Crippen LogP contribution is 2.57. The quantitative estimate of drug-likeness (QED) is 0.0397. The molecular formula is C45H62O8S2Si2. The monoisotopic (exact) mass is 850 g/mol. The first-order valence-electron chi connectivity index (χ1n) is 19.9. The van der Waals surface area contributed by atoms with Crippen LogP contribution in [-0.2, 0) is 32.0 Å². The molecule has 5 rings (SSSR count). The molecule has 0 heterocycles. The number of benzene rings is 4. The number of ether oxygens (including phenoxy) is 2. The molecule has 0 bridgehead atoms. The van der Waals surface area contributed by atoms with Gasteiger partial charge in [0.05, 0.1) is 18.6 Å². The van der Waals surface area contributed by atoms with E-state index in [1.165, 1.54) is 33.4 Å². The minimum atomic E-state index is -2.51. The molecule has 57 heavy (non-hydrogen) atoms. The maximum absolute atomic E-state index is 6.56. The lowest BCUT2D eigenvalue weighted by atomic mass is 9.66. The van der Waals surface area contributed by atoms with E-state index in [1.54, 1.807) is 42.7 Å². The number of hydrogen-bond acceptors (Lipinski definition) is 10. The molecule has 12 heteroatoms. The predicted octanol–water partition coefficient (Wildman–Crippen LogP) is 10.2. The molecule has 0 radical (unpaired) electrons. The van der Waals surface area contributed by atoms with E-state index in [0.717, 1.165) is 83.4 Å². The Kier molecular flexibility index (Phi) is 17.6. The highest BCUT2D eigenvalue weighted by Gasteiger charge is 2.47. The summed E-state index contributed by atoms with van der Waals surface area (Å²) in [4.78, 5) is 0. The fourth-order valence-corrected chi connectivity index (χ4v) is 13.7. The zero-order valence-electron chi connectivity index (χ0n) is 35.2. The Labute approximate surface area is 352 Å². The van der Waals surface area contributed by atoms with Gasteiger partial charge in [-0.3, -0.25) is 0 Å². The molecule has 1 aliphatic carbocycles. The van der Waals surface area contributed by atoms with Crippen LogP contribution >= 0.6 is 23.5 Å². The van der Waals surface area contributed by atoms with Crippen LogP contribution in [0.25, 0.3) is 11.1 Å². The Morgan fingerprint density at radius 1 is 0.491 bits per heavy atom. The molecule has 0 amide bonds. The highest BCUT2D eigenvalue weighted by molar-refractivity contribution is 7.99. The van der Waals surface area contributed by atoms with Gasteiger partial charge in [0, 0.05) is 54.7 Å². The molecule has 0 fully saturated rings. The third-order valence-electron chi connectivity index (χ3n) is 11.0. The second-order valence-electron chi connectivity index (χ2n) is 14.2. The van der Waals surface area contributed by atoms with Gasteiger partial charge in [-0.1, -0.05) is 72.8 Å². The van der Waals surface area contributed by atoms with E-state index in [9.17, 15) is 0 Å². The largest absolute Gasteiger partial charge is 0.500 e. The Hall–Kier alpha value is -2.63. The second kappa shape index (κ2) is 22.1. The number of hydrogen-bond donors (Lipinski definition) is 0. The fraction of sp³-hybridized carbons (Fsp3) is 0.467. The zero-order valence-corrected chi connectivity index (χ0v) is 38.8. The zero-order chi connectivity index (χ0) is 40.7. The molecular weight excluding hydrogens is 789 g/mol. The smallest absolute Gasteiger partial charge is 0.493 e. The molecule has 8 nitrogen and oxygen atoms in total. The molecule has 1 aliphatic rings. The first-order chi connectivity index (χ1) is 27.8. The molecule has 0 spiro atoms. The molecule has 0 saturated heterocycles. The van der Waals surface area contributed by atoms with Crippen LogP contribution in [0.2, 0.25) is 12.1 Å². The topological polar surface area (TPSA) is 73.8 Å². The van der Waals surface area contributed by atoms with Crippen molar-refractivity contribution in [2.75, 3.05) is 78.9 Å². The normalized spacial score (nSPS) is 13.4. The molecule has 0 saturated carbocycles. The molecule has 0 N–H and O–H groups in total. The highest BCUT2D eigenvalue weighted by atomic mass is 32.2. The van der Waals surface area contributed by atoms with Crippen LogP contribution in [0.15, 0.2) is 84.9 Å². The van der Waals surface area contributed by atoms with Crippen LogP contribution in [0, 0.1) is 13.8 Å². The van der Waals surface area contributed by atoms with Gasteiger partial charge in [0.2, 0.25) is 0 Å². The van der Waals surface area contributed by atoms with E-state index in [-0.39, 0.29) is 0 Å². The number of thioether (sulfide) groups is 2. The minimum absolute atomic E-state index is 0.521. The van der Waals surface area contributed by atoms with Gasteiger partial charge in [-0.15, -0.1) is 0 Å². The van der Waals surface area contributed by atoms with Crippen LogP contribution in [0.3, 0.4) is 0 Å². The maximum atomic E-state index is 6.56. The van der Waals surface area contributed by atoms with Crippen molar-refractivity contribution in [2.45, 2.75) is 57.0 Å². The Morgan fingerprint density at radius 2 is 0.947 bits per heavy atom. The van der Waals surface area contributed by atoms with Crippen molar-refractivity contribution < 1.29 is 36.0 Å². The molecule has 0 atom stereocenters. The molecule has 0 aliphatic heterocycles. The molecule has 0 unspecified atom stereocenters. The van der Waals surface area contributed by atoms with Gasteiger partial charge in [0.15, 0.2) is 0 Å². The Balaban J connectivity index is 1.29. The van der Waals surface area contributed by atoms with Crippen molar-refractivity contribution in [3.05, 3.63) is 118 Å². The summed E-state index contributed by atoms with van der Waals surface area (Å²) in [6.07, 6.45) is 3.93. The average molecular weight is 851 g/mol. The summed E-state index contributed by atoms with van der Waals surface area (Å²) in [6, 6.07) is 32.7. The molecule has 0 aromatic heterocycles. The summed E-state index contributed by atoms with van der Waals surface area (Å²) in [5.74, 6) is 5.99. The van der Waals surface area contributed by atoms with Gasteiger partial charge in [0.1, 0.15) is 11.5 Å². The molecule has 4 aromatic carbocycles. The van der Waals surface area contributed by atoms with Gasteiger partial charge >= 0.3 is 17.6 Å².